The maximum Gasteiger partial charge on any atom is 0.411 e. The van der Waals surface area contributed by atoms with E-state index in [2.05, 4.69) is 5.32 Å². The van der Waals surface area contributed by atoms with E-state index in [1.807, 2.05) is 61.5 Å². The Kier molecular flexibility index (Phi) is 3.97. The first-order valence-corrected chi connectivity index (χ1v) is 5.78. The molecule has 0 atom stereocenters. The number of carbonyl (C=O) groups is 1. The number of benzene rings is 2. The molecule has 2 rings (SSSR count). The minimum Gasteiger partial charge on any atom is -0.444 e. The first-order chi connectivity index (χ1) is 8.74. The molecule has 0 bridgehead atoms. The zero-order chi connectivity index (χ0) is 12.8. The minimum atomic E-state index is -0.443. The van der Waals surface area contributed by atoms with Gasteiger partial charge in [0.25, 0.3) is 0 Å². The first-order valence-electron chi connectivity index (χ1n) is 5.78. The molecule has 0 unspecified atom stereocenters. The summed E-state index contributed by atoms with van der Waals surface area (Å²) in [4.78, 5) is 11.5. The summed E-state index contributed by atoms with van der Waals surface area (Å²) in [6, 6.07) is 17.1. The van der Waals surface area contributed by atoms with Gasteiger partial charge in [0.1, 0.15) is 6.61 Å². The maximum atomic E-state index is 11.5. The highest BCUT2D eigenvalue weighted by Gasteiger charge is 2.02. The lowest BCUT2D eigenvalue weighted by Crippen LogP contribution is -2.13. The Balaban J connectivity index is 1.83. The quantitative estimate of drug-likeness (QED) is 0.888. The molecule has 0 aliphatic heterocycles. The predicted molar refractivity (Wildman–Crippen MR) is 71.4 cm³/mol. The summed E-state index contributed by atoms with van der Waals surface area (Å²) in [5, 5.41) is 2.66. The largest absolute Gasteiger partial charge is 0.444 e. The van der Waals surface area contributed by atoms with E-state index in [-0.39, 0.29) is 6.61 Å². The molecule has 3 nitrogen and oxygen atoms in total. The molecule has 2 aromatic rings. The summed E-state index contributed by atoms with van der Waals surface area (Å²) in [6.45, 7) is 2.30. The van der Waals surface area contributed by atoms with Crippen molar-refractivity contribution in [1.82, 2.24) is 0 Å². The van der Waals surface area contributed by atoms with Gasteiger partial charge in [-0.3, -0.25) is 5.32 Å². The molecular weight excluding hydrogens is 226 g/mol. The van der Waals surface area contributed by atoms with Crippen molar-refractivity contribution in [2.75, 3.05) is 5.32 Å². The second-order valence-electron chi connectivity index (χ2n) is 4.05. The number of amides is 1. The highest BCUT2D eigenvalue weighted by Crippen LogP contribution is 2.08. The third-order valence-electron chi connectivity index (χ3n) is 2.51. The van der Waals surface area contributed by atoms with Crippen molar-refractivity contribution in [3.05, 3.63) is 65.7 Å². The topological polar surface area (TPSA) is 38.3 Å². The van der Waals surface area contributed by atoms with E-state index in [1.54, 1.807) is 0 Å². The minimum absolute atomic E-state index is 0.277. The van der Waals surface area contributed by atoms with Gasteiger partial charge in [0, 0.05) is 5.69 Å². The molecule has 2 aromatic carbocycles. The lowest BCUT2D eigenvalue weighted by atomic mass is 10.2. The maximum absolute atomic E-state index is 11.5. The summed E-state index contributed by atoms with van der Waals surface area (Å²) in [7, 11) is 0. The monoisotopic (exact) mass is 241 g/mol. The number of carbonyl (C=O) groups excluding carboxylic acids is 1. The van der Waals surface area contributed by atoms with E-state index >= 15 is 0 Å². The molecule has 0 saturated heterocycles. The normalized spacial score (nSPS) is 9.83. The van der Waals surface area contributed by atoms with E-state index in [1.165, 1.54) is 5.56 Å². The molecule has 0 heterocycles. The third kappa shape index (κ3) is 3.63. The van der Waals surface area contributed by atoms with Gasteiger partial charge in [0.15, 0.2) is 0 Å². The van der Waals surface area contributed by atoms with Crippen LogP contribution in [-0.4, -0.2) is 6.09 Å². The summed E-state index contributed by atoms with van der Waals surface area (Å²) in [5.41, 5.74) is 2.89. The standard InChI is InChI=1S/C15H15NO2/c1-12-7-9-13(10-8-12)11-18-15(17)16-14-5-3-2-4-6-14/h2-10H,11H2,1H3,(H,16,17). The number of anilines is 1. The Bertz CT molecular complexity index is 506. The fourth-order valence-corrected chi connectivity index (χ4v) is 1.51. The first kappa shape index (κ1) is 12.2. The van der Waals surface area contributed by atoms with Gasteiger partial charge in [-0.1, -0.05) is 48.0 Å². The van der Waals surface area contributed by atoms with Gasteiger partial charge in [0.2, 0.25) is 0 Å². The van der Waals surface area contributed by atoms with Crippen LogP contribution < -0.4 is 5.32 Å². The number of nitrogens with one attached hydrogen (secondary N) is 1. The van der Waals surface area contributed by atoms with Crippen LogP contribution in [0.5, 0.6) is 0 Å². The third-order valence-corrected chi connectivity index (χ3v) is 2.51. The van der Waals surface area contributed by atoms with Crippen molar-refractivity contribution in [3.63, 3.8) is 0 Å². The van der Waals surface area contributed by atoms with Crippen molar-refractivity contribution < 1.29 is 9.53 Å². The van der Waals surface area contributed by atoms with E-state index < -0.39 is 6.09 Å². The van der Waals surface area contributed by atoms with Crippen LogP contribution in [-0.2, 0) is 11.3 Å². The molecular formula is C15H15NO2. The molecule has 1 amide bonds. The number of para-hydroxylation sites is 1. The van der Waals surface area contributed by atoms with Gasteiger partial charge in [0.05, 0.1) is 0 Å². The molecule has 1 N–H and O–H groups in total. The number of rotatable bonds is 3. The molecule has 0 aliphatic rings. The Labute approximate surface area is 106 Å². The number of ether oxygens (including phenoxy) is 1. The van der Waals surface area contributed by atoms with E-state index in [0.29, 0.717) is 0 Å². The highest BCUT2D eigenvalue weighted by atomic mass is 16.5. The molecule has 0 radical (unpaired) electrons. The average molecular weight is 241 g/mol. The second-order valence-corrected chi connectivity index (χ2v) is 4.05. The van der Waals surface area contributed by atoms with Crippen molar-refractivity contribution in [2.24, 2.45) is 0 Å². The van der Waals surface area contributed by atoms with Crippen LogP contribution in [0.1, 0.15) is 11.1 Å². The second kappa shape index (κ2) is 5.87. The Hall–Kier alpha value is -2.29. The Morgan fingerprint density at radius 1 is 1.06 bits per heavy atom. The van der Waals surface area contributed by atoms with Crippen LogP contribution in [0.15, 0.2) is 54.6 Å². The molecule has 0 saturated carbocycles. The van der Waals surface area contributed by atoms with E-state index in [4.69, 9.17) is 4.74 Å². The van der Waals surface area contributed by atoms with Crippen LogP contribution in [0.2, 0.25) is 0 Å². The van der Waals surface area contributed by atoms with Crippen molar-refractivity contribution in [3.8, 4) is 0 Å². The lowest BCUT2D eigenvalue weighted by Gasteiger charge is -2.07. The zero-order valence-corrected chi connectivity index (χ0v) is 10.2. The van der Waals surface area contributed by atoms with Crippen LogP contribution in [0.25, 0.3) is 0 Å². The summed E-state index contributed by atoms with van der Waals surface area (Å²) >= 11 is 0. The van der Waals surface area contributed by atoms with Crippen LogP contribution in [0.4, 0.5) is 10.5 Å². The number of hydrogen-bond acceptors (Lipinski definition) is 2. The zero-order valence-electron chi connectivity index (χ0n) is 10.2. The van der Waals surface area contributed by atoms with Crippen LogP contribution in [0, 0.1) is 6.92 Å². The van der Waals surface area contributed by atoms with Gasteiger partial charge in [-0.2, -0.15) is 0 Å². The molecule has 0 spiro atoms. The number of aryl methyl sites for hydroxylation is 1. The number of hydrogen-bond donors (Lipinski definition) is 1. The van der Waals surface area contributed by atoms with Crippen LogP contribution >= 0.6 is 0 Å². The molecule has 92 valence electrons. The predicted octanol–water partition coefficient (Wildman–Crippen LogP) is 3.74. The summed E-state index contributed by atoms with van der Waals surface area (Å²) in [6.07, 6.45) is -0.443. The molecule has 0 fully saturated rings. The van der Waals surface area contributed by atoms with Crippen molar-refractivity contribution in [1.29, 1.82) is 0 Å². The van der Waals surface area contributed by atoms with Gasteiger partial charge in [-0.05, 0) is 24.6 Å². The van der Waals surface area contributed by atoms with Gasteiger partial charge in [-0.25, -0.2) is 4.79 Å². The van der Waals surface area contributed by atoms with Crippen molar-refractivity contribution in [2.45, 2.75) is 13.5 Å². The van der Waals surface area contributed by atoms with Gasteiger partial charge >= 0.3 is 6.09 Å². The molecule has 3 heteroatoms. The lowest BCUT2D eigenvalue weighted by molar-refractivity contribution is 0.155. The Morgan fingerprint density at radius 2 is 1.72 bits per heavy atom. The molecule has 18 heavy (non-hydrogen) atoms. The highest BCUT2D eigenvalue weighted by molar-refractivity contribution is 5.84. The fraction of sp³-hybridized carbons (Fsp3) is 0.133. The Morgan fingerprint density at radius 3 is 2.39 bits per heavy atom. The van der Waals surface area contributed by atoms with E-state index in [0.717, 1.165) is 11.3 Å². The van der Waals surface area contributed by atoms with Gasteiger partial charge < -0.3 is 4.74 Å². The van der Waals surface area contributed by atoms with Crippen LogP contribution in [0.3, 0.4) is 0 Å². The summed E-state index contributed by atoms with van der Waals surface area (Å²) < 4.78 is 5.12. The smallest absolute Gasteiger partial charge is 0.411 e. The SMILES string of the molecule is Cc1ccc(COC(=O)Nc2ccccc2)cc1. The van der Waals surface area contributed by atoms with Gasteiger partial charge in [-0.15, -0.1) is 0 Å². The molecule has 0 aromatic heterocycles. The van der Waals surface area contributed by atoms with Crippen molar-refractivity contribution >= 4 is 11.8 Å². The summed E-state index contributed by atoms with van der Waals surface area (Å²) in [5.74, 6) is 0. The fourth-order valence-electron chi connectivity index (χ4n) is 1.51. The van der Waals surface area contributed by atoms with E-state index in [9.17, 15) is 4.79 Å². The molecule has 0 aliphatic carbocycles. The average Bonchev–Trinajstić information content (AvgIpc) is 2.39.